The minimum atomic E-state index is 0.507. The largest absolute Gasteiger partial charge is 0.357 e. The highest BCUT2D eigenvalue weighted by atomic mass is 32.1. The molecule has 0 saturated heterocycles. The number of anilines is 1. The molecule has 2 aromatic carbocycles. The molecule has 0 aliphatic rings. The van der Waals surface area contributed by atoms with Gasteiger partial charge < -0.3 is 5.32 Å². The van der Waals surface area contributed by atoms with E-state index in [2.05, 4.69) is 5.32 Å². The number of rotatable bonds is 3. The van der Waals surface area contributed by atoms with Crippen molar-refractivity contribution in [2.24, 2.45) is 5.84 Å². The van der Waals surface area contributed by atoms with Gasteiger partial charge in [-0.15, -0.1) is 0 Å². The van der Waals surface area contributed by atoms with Crippen LogP contribution in [0.1, 0.15) is 11.1 Å². The summed E-state index contributed by atoms with van der Waals surface area (Å²) in [4.78, 5) is 0. The topological polar surface area (TPSA) is 41.3 Å². The maximum absolute atomic E-state index is 5.98. The Morgan fingerprint density at radius 3 is 2.37 bits per heavy atom. The summed E-state index contributed by atoms with van der Waals surface area (Å²) >= 11 is 5.28. The van der Waals surface area contributed by atoms with Crippen LogP contribution in [0.25, 0.3) is 0 Å². The molecule has 0 spiro atoms. The number of benzene rings is 2. The quantitative estimate of drug-likeness (QED) is 0.512. The summed E-state index contributed by atoms with van der Waals surface area (Å²) in [5.74, 6) is 5.98. The second-order valence-corrected chi connectivity index (χ2v) is 4.74. The van der Waals surface area contributed by atoms with Crippen molar-refractivity contribution in [3.63, 3.8) is 0 Å². The van der Waals surface area contributed by atoms with Gasteiger partial charge in [0.25, 0.3) is 0 Å². The lowest BCUT2D eigenvalue weighted by molar-refractivity contribution is 0.896. The van der Waals surface area contributed by atoms with E-state index in [-0.39, 0.29) is 0 Å². The Balaban J connectivity index is 1.94. The third-order valence-corrected chi connectivity index (χ3v) is 3.16. The standard InChI is InChI=1S/C15H17N3S/c1-12-7-9-14(10-8-12)18(16)15(19)17-11-13-5-3-2-4-6-13/h2-10H,11,16H2,1H3,(H,17,19). The summed E-state index contributed by atoms with van der Waals surface area (Å²) in [5, 5.41) is 5.14. The number of nitrogens with zero attached hydrogens (tertiary/aromatic N) is 1. The Kier molecular flexibility index (Phi) is 4.49. The van der Waals surface area contributed by atoms with Gasteiger partial charge in [0, 0.05) is 6.54 Å². The summed E-state index contributed by atoms with van der Waals surface area (Å²) in [6, 6.07) is 18.0. The van der Waals surface area contributed by atoms with E-state index in [0.29, 0.717) is 11.7 Å². The number of nitrogens with two attached hydrogens (primary N) is 1. The van der Waals surface area contributed by atoms with Crippen LogP contribution in [0.4, 0.5) is 5.69 Å². The molecule has 3 nitrogen and oxygen atoms in total. The van der Waals surface area contributed by atoms with E-state index < -0.39 is 0 Å². The SMILES string of the molecule is Cc1ccc(N(N)C(=S)NCc2ccccc2)cc1. The molecular formula is C15H17N3S. The second-order valence-electron chi connectivity index (χ2n) is 4.35. The van der Waals surface area contributed by atoms with Gasteiger partial charge in [-0.1, -0.05) is 48.0 Å². The highest BCUT2D eigenvalue weighted by Gasteiger charge is 2.06. The van der Waals surface area contributed by atoms with Gasteiger partial charge in [-0.2, -0.15) is 0 Å². The first-order valence-electron chi connectivity index (χ1n) is 6.10. The third kappa shape index (κ3) is 3.77. The zero-order valence-electron chi connectivity index (χ0n) is 10.8. The number of thiocarbonyl (C=S) groups is 1. The van der Waals surface area contributed by atoms with E-state index in [1.807, 2.05) is 61.5 Å². The van der Waals surface area contributed by atoms with Gasteiger partial charge in [0.15, 0.2) is 5.11 Å². The van der Waals surface area contributed by atoms with Crippen molar-refractivity contribution in [3.05, 3.63) is 65.7 Å². The van der Waals surface area contributed by atoms with E-state index >= 15 is 0 Å². The number of aryl methyl sites for hydroxylation is 1. The lowest BCUT2D eigenvalue weighted by atomic mass is 10.2. The maximum atomic E-state index is 5.98. The Labute approximate surface area is 119 Å². The third-order valence-electron chi connectivity index (χ3n) is 2.82. The molecule has 3 N–H and O–H groups in total. The summed E-state index contributed by atoms with van der Waals surface area (Å²) in [6.45, 7) is 2.70. The highest BCUT2D eigenvalue weighted by Crippen LogP contribution is 2.12. The summed E-state index contributed by atoms with van der Waals surface area (Å²) in [6.07, 6.45) is 0. The fourth-order valence-corrected chi connectivity index (χ4v) is 1.86. The molecule has 0 heterocycles. The van der Waals surface area contributed by atoms with Crippen LogP contribution >= 0.6 is 12.2 Å². The van der Waals surface area contributed by atoms with Crippen LogP contribution in [0.5, 0.6) is 0 Å². The zero-order chi connectivity index (χ0) is 13.7. The molecule has 0 radical (unpaired) electrons. The molecule has 0 amide bonds. The van der Waals surface area contributed by atoms with Crippen LogP contribution in [0.15, 0.2) is 54.6 Å². The van der Waals surface area contributed by atoms with Crippen LogP contribution < -0.4 is 16.2 Å². The number of nitrogens with one attached hydrogen (secondary N) is 1. The van der Waals surface area contributed by atoms with Gasteiger partial charge in [-0.25, -0.2) is 5.84 Å². The van der Waals surface area contributed by atoms with E-state index in [1.54, 1.807) is 0 Å². The van der Waals surface area contributed by atoms with Gasteiger partial charge in [0.1, 0.15) is 0 Å². The predicted octanol–water partition coefficient (Wildman–Crippen LogP) is 2.75. The van der Waals surface area contributed by atoms with Crippen molar-refractivity contribution in [2.45, 2.75) is 13.5 Å². The van der Waals surface area contributed by atoms with Gasteiger partial charge >= 0.3 is 0 Å². The summed E-state index contributed by atoms with van der Waals surface area (Å²) in [7, 11) is 0. The summed E-state index contributed by atoms with van der Waals surface area (Å²) < 4.78 is 0. The van der Waals surface area contributed by atoms with Crippen molar-refractivity contribution in [1.29, 1.82) is 0 Å². The molecule has 4 heteroatoms. The minimum absolute atomic E-state index is 0.507. The van der Waals surface area contributed by atoms with Crippen molar-refractivity contribution in [2.75, 3.05) is 5.01 Å². The number of hydrogen-bond donors (Lipinski definition) is 2. The number of hydrogen-bond acceptors (Lipinski definition) is 2. The van der Waals surface area contributed by atoms with E-state index in [4.69, 9.17) is 18.1 Å². The molecule has 0 aliphatic carbocycles. The van der Waals surface area contributed by atoms with Crippen LogP contribution in [0.3, 0.4) is 0 Å². The molecule has 0 atom stereocenters. The van der Waals surface area contributed by atoms with Crippen molar-refractivity contribution in [3.8, 4) is 0 Å². The maximum Gasteiger partial charge on any atom is 0.188 e. The van der Waals surface area contributed by atoms with Crippen molar-refractivity contribution in [1.82, 2.24) is 5.32 Å². The lowest BCUT2D eigenvalue weighted by Crippen LogP contribution is -2.44. The Morgan fingerprint density at radius 2 is 1.74 bits per heavy atom. The molecular weight excluding hydrogens is 254 g/mol. The van der Waals surface area contributed by atoms with Crippen LogP contribution in [-0.2, 0) is 6.54 Å². The molecule has 19 heavy (non-hydrogen) atoms. The average molecular weight is 271 g/mol. The number of hydrazine groups is 1. The Bertz CT molecular complexity index is 537. The second kappa shape index (κ2) is 6.31. The average Bonchev–Trinajstić information content (AvgIpc) is 2.46. The minimum Gasteiger partial charge on any atom is -0.357 e. The van der Waals surface area contributed by atoms with Gasteiger partial charge in [-0.3, -0.25) is 5.01 Å². The smallest absolute Gasteiger partial charge is 0.188 e. The molecule has 0 aromatic heterocycles. The van der Waals surface area contributed by atoms with Crippen molar-refractivity contribution >= 4 is 23.0 Å². The van der Waals surface area contributed by atoms with Gasteiger partial charge in [0.2, 0.25) is 0 Å². The molecule has 0 saturated carbocycles. The molecule has 0 aliphatic heterocycles. The van der Waals surface area contributed by atoms with Crippen LogP contribution in [-0.4, -0.2) is 5.11 Å². The van der Waals surface area contributed by atoms with E-state index in [0.717, 1.165) is 5.69 Å². The zero-order valence-corrected chi connectivity index (χ0v) is 11.7. The monoisotopic (exact) mass is 271 g/mol. The Hall–Kier alpha value is -1.91. The molecule has 98 valence electrons. The first-order valence-corrected chi connectivity index (χ1v) is 6.51. The molecule has 0 unspecified atom stereocenters. The van der Waals surface area contributed by atoms with E-state index in [1.165, 1.54) is 16.1 Å². The Morgan fingerprint density at radius 1 is 1.11 bits per heavy atom. The summed E-state index contributed by atoms with van der Waals surface area (Å²) in [5.41, 5.74) is 3.23. The fourth-order valence-electron chi connectivity index (χ4n) is 1.68. The predicted molar refractivity (Wildman–Crippen MR) is 83.7 cm³/mol. The molecule has 0 fully saturated rings. The van der Waals surface area contributed by atoms with Gasteiger partial charge in [0.05, 0.1) is 5.69 Å². The molecule has 2 rings (SSSR count). The first kappa shape index (κ1) is 13.5. The van der Waals surface area contributed by atoms with Crippen LogP contribution in [0.2, 0.25) is 0 Å². The highest BCUT2D eigenvalue weighted by molar-refractivity contribution is 7.80. The lowest BCUT2D eigenvalue weighted by Gasteiger charge is -2.20. The van der Waals surface area contributed by atoms with Crippen LogP contribution in [0, 0.1) is 6.92 Å². The van der Waals surface area contributed by atoms with Crippen molar-refractivity contribution < 1.29 is 0 Å². The fraction of sp³-hybridized carbons (Fsp3) is 0.133. The molecule has 2 aromatic rings. The van der Waals surface area contributed by atoms with E-state index in [9.17, 15) is 0 Å². The van der Waals surface area contributed by atoms with Gasteiger partial charge in [-0.05, 0) is 36.8 Å². The normalized spacial score (nSPS) is 10.0. The first-order chi connectivity index (χ1) is 9.16. The molecule has 0 bridgehead atoms.